The topological polar surface area (TPSA) is 142 Å². The lowest BCUT2D eigenvalue weighted by Crippen LogP contribution is -2.51. The standard InChI is InChI=1S/C45H49FN8O4S/c1-24(2)40(52-45(56)57-3)43(55)53-17-7-11-34(53)42-49-23-32(51-42)27-19-29(46)39-35-20-28-18-26(31-22-48-41(50-31)30-10-6-16-47-30)12-13-33(28)54(35)44(58-36(39)21-27)38-15-14-37(59-38)25-8-4-5-9-25/h12-15,18-25,30,34,40,44,47H,4-11,16-17H2,1-3H3,(H,48,50)(H,49,51)(H,52,56)/t30-,34-,40-,44?/m0/s1. The van der Waals surface area contributed by atoms with Crippen LogP contribution >= 0.6 is 11.3 Å². The number of ether oxygens (including phenoxy) is 2. The number of aromatic nitrogens is 5. The first kappa shape index (κ1) is 37.8. The fourth-order valence-electron chi connectivity index (χ4n) is 9.64. The molecule has 3 fully saturated rings. The number of aromatic amines is 2. The van der Waals surface area contributed by atoms with Gasteiger partial charge in [0.1, 0.15) is 29.3 Å². The zero-order chi connectivity index (χ0) is 40.4. The lowest BCUT2D eigenvalue weighted by Gasteiger charge is -2.30. The van der Waals surface area contributed by atoms with Gasteiger partial charge in [0, 0.05) is 27.9 Å². The van der Waals surface area contributed by atoms with Crippen LogP contribution in [0.1, 0.15) is 111 Å². The van der Waals surface area contributed by atoms with E-state index in [1.165, 1.54) is 43.7 Å². The first-order valence-corrected chi connectivity index (χ1v) is 21.8. The van der Waals surface area contributed by atoms with E-state index >= 15 is 4.39 Å². The van der Waals surface area contributed by atoms with Crippen molar-refractivity contribution in [2.24, 2.45) is 5.92 Å². The van der Waals surface area contributed by atoms with Gasteiger partial charge in [-0.1, -0.05) is 32.8 Å². The molecule has 7 heterocycles. The van der Waals surface area contributed by atoms with Gasteiger partial charge in [-0.25, -0.2) is 19.2 Å². The highest BCUT2D eigenvalue weighted by Crippen LogP contribution is 2.49. The van der Waals surface area contributed by atoms with E-state index in [9.17, 15) is 9.59 Å². The fraction of sp³-hybridized carbons (Fsp3) is 0.422. The molecule has 4 aromatic heterocycles. The van der Waals surface area contributed by atoms with Crippen LogP contribution in [0.2, 0.25) is 0 Å². The summed E-state index contributed by atoms with van der Waals surface area (Å²) in [7, 11) is 1.28. The van der Waals surface area contributed by atoms with Crippen molar-refractivity contribution in [3.8, 4) is 39.5 Å². The second kappa shape index (κ2) is 15.3. The van der Waals surface area contributed by atoms with Crippen molar-refractivity contribution in [2.75, 3.05) is 20.2 Å². The van der Waals surface area contributed by atoms with Crippen LogP contribution in [0, 0.1) is 11.7 Å². The van der Waals surface area contributed by atoms with E-state index in [1.807, 2.05) is 26.1 Å². The third-order valence-electron chi connectivity index (χ3n) is 12.7. The molecule has 0 radical (unpaired) electrons. The third-order valence-corrected chi connectivity index (χ3v) is 14.0. The molecule has 1 unspecified atom stereocenters. The Balaban J connectivity index is 1.00. The number of alkyl carbamates (subject to hydrolysis) is 1. The summed E-state index contributed by atoms with van der Waals surface area (Å²) < 4.78 is 30.7. The first-order valence-electron chi connectivity index (χ1n) is 21.0. The largest absolute Gasteiger partial charge is 0.464 e. The normalized spacial score (nSPS) is 20.9. The molecule has 4 atom stereocenters. The van der Waals surface area contributed by atoms with Crippen molar-refractivity contribution >= 4 is 34.2 Å². The molecule has 0 spiro atoms. The maximum Gasteiger partial charge on any atom is 0.407 e. The van der Waals surface area contributed by atoms with Gasteiger partial charge in [0.15, 0.2) is 0 Å². The Kier molecular flexibility index (Phi) is 9.79. The summed E-state index contributed by atoms with van der Waals surface area (Å²) in [5.74, 6) is 1.86. The van der Waals surface area contributed by atoms with Crippen molar-refractivity contribution in [1.82, 2.24) is 40.0 Å². The van der Waals surface area contributed by atoms with E-state index in [4.69, 9.17) is 19.4 Å². The predicted octanol–water partition coefficient (Wildman–Crippen LogP) is 9.35. The molecule has 4 aliphatic rings. The SMILES string of the molecule is COC(=O)N[C@H](C(=O)N1CCC[C@H]1c1ncc(-c2cc(F)c3c(c2)OC(c2ccc(C4CCCC4)s2)n2c-3cc3cc(-c4cnc([C@@H]5CCCN5)[nH]4)ccc32)[nH]1)C(C)C. The number of benzene rings is 2. The second-order valence-electron chi connectivity index (χ2n) is 16.8. The monoisotopic (exact) mass is 816 g/mol. The van der Waals surface area contributed by atoms with Gasteiger partial charge in [-0.3, -0.25) is 9.36 Å². The number of rotatable bonds is 9. The number of likely N-dealkylation sites (tertiary alicyclic amines) is 1. The number of imidazole rings is 2. The number of nitrogens with zero attached hydrogens (tertiary/aromatic N) is 4. The van der Waals surface area contributed by atoms with Gasteiger partial charge in [0.05, 0.1) is 64.6 Å². The van der Waals surface area contributed by atoms with Crippen molar-refractivity contribution in [3.63, 3.8) is 0 Å². The number of nitrogens with one attached hydrogen (secondary N) is 4. The molecule has 2 saturated heterocycles. The van der Waals surface area contributed by atoms with Crippen molar-refractivity contribution in [1.29, 1.82) is 0 Å². The first-order chi connectivity index (χ1) is 28.7. The molecule has 306 valence electrons. The molecule has 0 bridgehead atoms. The fourth-order valence-corrected chi connectivity index (χ4v) is 10.8. The van der Waals surface area contributed by atoms with E-state index in [0.29, 0.717) is 47.3 Å². The van der Waals surface area contributed by atoms with Gasteiger partial charge < -0.3 is 35.0 Å². The van der Waals surface area contributed by atoms with Crippen LogP contribution in [0.4, 0.5) is 9.18 Å². The molecule has 14 heteroatoms. The smallest absolute Gasteiger partial charge is 0.407 e. The van der Waals surface area contributed by atoms with Crippen LogP contribution in [0.15, 0.2) is 60.9 Å². The average molecular weight is 817 g/mol. The molecule has 3 aliphatic heterocycles. The third kappa shape index (κ3) is 6.79. The maximum atomic E-state index is 16.8. The molecule has 1 aliphatic carbocycles. The molecule has 10 rings (SSSR count). The summed E-state index contributed by atoms with van der Waals surface area (Å²) in [6, 6.07) is 15.5. The summed E-state index contributed by atoms with van der Waals surface area (Å²) in [5, 5.41) is 7.21. The highest BCUT2D eigenvalue weighted by molar-refractivity contribution is 7.12. The molecule has 12 nitrogen and oxygen atoms in total. The quantitative estimate of drug-likeness (QED) is 0.114. The zero-order valence-corrected chi connectivity index (χ0v) is 34.3. The molecule has 6 aromatic rings. The lowest BCUT2D eigenvalue weighted by molar-refractivity contribution is -0.135. The van der Waals surface area contributed by atoms with Crippen molar-refractivity contribution in [3.05, 3.63) is 88.1 Å². The van der Waals surface area contributed by atoms with E-state index in [2.05, 4.69) is 61.6 Å². The van der Waals surface area contributed by atoms with Crippen LogP contribution < -0.4 is 15.4 Å². The number of H-pyrrole nitrogens is 2. The van der Waals surface area contributed by atoms with E-state index in [0.717, 1.165) is 64.4 Å². The number of carbonyl (C=O) groups excluding carboxylic acids is 2. The lowest BCUT2D eigenvalue weighted by atomic mass is 10.0. The maximum absolute atomic E-state index is 16.8. The predicted molar refractivity (Wildman–Crippen MR) is 225 cm³/mol. The van der Waals surface area contributed by atoms with Gasteiger partial charge in [-0.2, -0.15) is 0 Å². The molecule has 2 aromatic carbocycles. The van der Waals surface area contributed by atoms with Crippen LogP contribution in [-0.2, 0) is 9.53 Å². The number of hydrogen-bond donors (Lipinski definition) is 4. The van der Waals surface area contributed by atoms with Gasteiger partial charge in [0.25, 0.3) is 0 Å². The summed E-state index contributed by atoms with van der Waals surface area (Å²) in [6.07, 6.45) is 11.1. The van der Waals surface area contributed by atoms with Crippen molar-refractivity contribution in [2.45, 2.75) is 95.5 Å². The molecule has 4 N–H and O–H groups in total. The Bertz CT molecular complexity index is 2540. The van der Waals surface area contributed by atoms with Crippen LogP contribution in [0.25, 0.3) is 44.7 Å². The summed E-state index contributed by atoms with van der Waals surface area (Å²) in [5.41, 5.74) is 5.32. The van der Waals surface area contributed by atoms with Gasteiger partial charge in [-0.05, 0) is 99.4 Å². The second-order valence-corrected chi connectivity index (χ2v) is 17.9. The number of fused-ring (bicyclic) bond motifs is 5. The summed E-state index contributed by atoms with van der Waals surface area (Å²) in [4.78, 5) is 46.5. The molecule has 59 heavy (non-hydrogen) atoms. The highest BCUT2D eigenvalue weighted by Gasteiger charge is 2.38. The van der Waals surface area contributed by atoms with Crippen molar-refractivity contribution < 1.29 is 23.5 Å². The Morgan fingerprint density at radius 1 is 0.915 bits per heavy atom. The Labute approximate surface area is 345 Å². The molecule has 1 saturated carbocycles. The Morgan fingerprint density at radius 2 is 1.69 bits per heavy atom. The van der Waals surface area contributed by atoms with E-state index in [-0.39, 0.29) is 23.9 Å². The summed E-state index contributed by atoms with van der Waals surface area (Å²) >= 11 is 1.80. The number of methoxy groups -OCH3 is 1. The number of amides is 2. The van der Waals surface area contributed by atoms with Gasteiger partial charge in [-0.15, -0.1) is 11.3 Å². The van der Waals surface area contributed by atoms with E-state index in [1.54, 1.807) is 22.4 Å². The number of halogens is 1. The van der Waals surface area contributed by atoms with Crippen LogP contribution in [0.3, 0.4) is 0 Å². The zero-order valence-electron chi connectivity index (χ0n) is 33.5. The Morgan fingerprint density at radius 3 is 2.47 bits per heavy atom. The van der Waals surface area contributed by atoms with E-state index < -0.39 is 24.2 Å². The Hall–Kier alpha value is -5.47. The van der Waals surface area contributed by atoms with Gasteiger partial charge in [0.2, 0.25) is 12.1 Å². The highest BCUT2D eigenvalue weighted by atomic mass is 32.1. The van der Waals surface area contributed by atoms with Crippen LogP contribution in [-0.4, -0.2) is 67.6 Å². The number of thiophene rings is 1. The minimum Gasteiger partial charge on any atom is -0.464 e. The van der Waals surface area contributed by atoms with Crippen LogP contribution in [0.5, 0.6) is 5.75 Å². The minimum atomic E-state index is -0.741. The summed E-state index contributed by atoms with van der Waals surface area (Å²) in [6.45, 7) is 5.32. The number of hydrogen-bond acceptors (Lipinski definition) is 8. The van der Waals surface area contributed by atoms with Gasteiger partial charge >= 0.3 is 6.09 Å². The molecular weight excluding hydrogens is 768 g/mol. The average Bonchev–Trinajstić information content (AvgIpc) is 4.09. The minimum absolute atomic E-state index is 0.148. The molecule has 2 amide bonds. The molecular formula is C45H49FN8O4S. The number of carbonyl (C=O) groups is 2.